The molecule has 0 aliphatic rings. The number of aliphatic carboxylic acids is 1. The maximum Gasteiger partial charge on any atom is 0.328 e. The number of nitrogens with one attached hydrogen (secondary N) is 1. The van der Waals surface area contributed by atoms with Gasteiger partial charge in [0.15, 0.2) is 6.04 Å². The summed E-state index contributed by atoms with van der Waals surface area (Å²) in [7, 11) is 0. The van der Waals surface area contributed by atoms with Crippen molar-refractivity contribution in [1.29, 1.82) is 0 Å². The van der Waals surface area contributed by atoms with Crippen LogP contribution < -0.4 is 0 Å². The third-order valence-corrected chi connectivity index (χ3v) is 2.70. The van der Waals surface area contributed by atoms with Crippen molar-refractivity contribution in [3.05, 3.63) is 36.0 Å². The lowest BCUT2D eigenvalue weighted by Gasteiger charge is -2.05. The molecule has 0 bridgehead atoms. The van der Waals surface area contributed by atoms with Crippen molar-refractivity contribution >= 4 is 23.1 Å². The lowest BCUT2D eigenvalue weighted by molar-refractivity contribution is -0.138. The summed E-state index contributed by atoms with van der Waals surface area (Å²) >= 11 is 0. The molecule has 0 aliphatic carbocycles. The van der Waals surface area contributed by atoms with Crippen LogP contribution in [0.25, 0.3) is 10.9 Å². The quantitative estimate of drug-likeness (QED) is 0.791. The monoisotopic (exact) mass is 230 g/mol. The number of carbonyl (C=O) groups is 1. The highest BCUT2D eigenvalue weighted by Gasteiger charge is 2.17. The topological polar surface area (TPSA) is 65.5 Å². The second-order valence-electron chi connectivity index (χ2n) is 3.82. The number of aliphatic imine (C=N–C) groups is 1. The van der Waals surface area contributed by atoms with Crippen molar-refractivity contribution in [2.75, 3.05) is 0 Å². The molecule has 0 saturated heterocycles. The van der Waals surface area contributed by atoms with Crippen LogP contribution in [0.4, 0.5) is 0 Å². The van der Waals surface area contributed by atoms with E-state index in [1.54, 1.807) is 6.92 Å². The van der Waals surface area contributed by atoms with Gasteiger partial charge >= 0.3 is 5.97 Å². The Hall–Kier alpha value is -2.10. The van der Waals surface area contributed by atoms with Crippen molar-refractivity contribution in [3.8, 4) is 0 Å². The molecule has 1 unspecified atom stereocenters. The SMILES string of the molecule is CC=NC(Cc1c[nH]c2ccccc12)C(=O)O. The average Bonchev–Trinajstić information content (AvgIpc) is 2.72. The first-order chi connectivity index (χ1) is 8.22. The van der Waals surface area contributed by atoms with E-state index >= 15 is 0 Å². The van der Waals surface area contributed by atoms with Crippen LogP contribution in [0.1, 0.15) is 12.5 Å². The van der Waals surface area contributed by atoms with Gasteiger partial charge in [-0.05, 0) is 24.8 Å². The minimum absolute atomic E-state index is 0.406. The van der Waals surface area contributed by atoms with Gasteiger partial charge in [0.1, 0.15) is 0 Å². The predicted molar refractivity (Wildman–Crippen MR) is 67.6 cm³/mol. The summed E-state index contributed by atoms with van der Waals surface area (Å²) in [6.45, 7) is 1.73. The Labute approximate surface area is 99.0 Å². The smallest absolute Gasteiger partial charge is 0.328 e. The molecular formula is C13H14N2O2. The molecule has 0 saturated carbocycles. The van der Waals surface area contributed by atoms with E-state index in [0.717, 1.165) is 16.5 Å². The second-order valence-corrected chi connectivity index (χ2v) is 3.82. The van der Waals surface area contributed by atoms with Crippen LogP contribution in [-0.4, -0.2) is 28.3 Å². The molecule has 2 N–H and O–H groups in total. The number of aromatic nitrogens is 1. The van der Waals surface area contributed by atoms with E-state index in [1.807, 2.05) is 30.5 Å². The summed E-state index contributed by atoms with van der Waals surface area (Å²) in [5.41, 5.74) is 2.01. The summed E-state index contributed by atoms with van der Waals surface area (Å²) in [5, 5.41) is 10.1. The third-order valence-electron chi connectivity index (χ3n) is 2.70. The van der Waals surface area contributed by atoms with Gasteiger partial charge in [0.25, 0.3) is 0 Å². The number of hydrogen-bond donors (Lipinski definition) is 2. The Morgan fingerprint density at radius 2 is 2.29 bits per heavy atom. The van der Waals surface area contributed by atoms with Crippen LogP contribution in [0, 0.1) is 0 Å². The minimum atomic E-state index is -0.895. The van der Waals surface area contributed by atoms with E-state index in [4.69, 9.17) is 5.11 Å². The molecule has 17 heavy (non-hydrogen) atoms. The Morgan fingerprint density at radius 1 is 1.53 bits per heavy atom. The molecule has 0 radical (unpaired) electrons. The minimum Gasteiger partial charge on any atom is -0.480 e. The van der Waals surface area contributed by atoms with Crippen LogP contribution in [0.5, 0.6) is 0 Å². The molecule has 0 fully saturated rings. The summed E-state index contributed by atoms with van der Waals surface area (Å²) < 4.78 is 0. The first kappa shape index (κ1) is 11.4. The van der Waals surface area contributed by atoms with E-state index in [2.05, 4.69) is 9.98 Å². The molecule has 1 atom stereocenters. The Morgan fingerprint density at radius 3 is 3.00 bits per heavy atom. The van der Waals surface area contributed by atoms with E-state index in [0.29, 0.717) is 6.42 Å². The number of benzene rings is 1. The van der Waals surface area contributed by atoms with Crippen molar-refractivity contribution in [2.24, 2.45) is 4.99 Å². The first-order valence-electron chi connectivity index (χ1n) is 5.48. The molecule has 4 heteroatoms. The number of H-pyrrole nitrogens is 1. The Balaban J connectivity index is 2.31. The van der Waals surface area contributed by atoms with E-state index in [9.17, 15) is 4.79 Å². The molecular weight excluding hydrogens is 216 g/mol. The zero-order chi connectivity index (χ0) is 12.3. The predicted octanol–water partition coefficient (Wildman–Crippen LogP) is 2.25. The number of hydrogen-bond acceptors (Lipinski definition) is 2. The molecule has 1 aromatic carbocycles. The van der Waals surface area contributed by atoms with Gasteiger partial charge in [-0.1, -0.05) is 18.2 Å². The van der Waals surface area contributed by atoms with E-state index in [-0.39, 0.29) is 0 Å². The van der Waals surface area contributed by atoms with E-state index in [1.165, 1.54) is 6.21 Å². The largest absolute Gasteiger partial charge is 0.480 e. The summed E-state index contributed by atoms with van der Waals surface area (Å²) in [6, 6.07) is 7.13. The number of carboxylic acids is 1. The molecule has 0 amide bonds. The molecule has 0 spiro atoms. The van der Waals surface area contributed by atoms with Gasteiger partial charge in [-0.25, -0.2) is 4.79 Å². The van der Waals surface area contributed by atoms with Crippen molar-refractivity contribution in [1.82, 2.24) is 4.98 Å². The van der Waals surface area contributed by atoms with Gasteiger partial charge in [-0.3, -0.25) is 4.99 Å². The fraction of sp³-hybridized carbons (Fsp3) is 0.231. The molecule has 0 aliphatic heterocycles. The van der Waals surface area contributed by atoms with E-state index < -0.39 is 12.0 Å². The number of aromatic amines is 1. The molecule has 2 aromatic rings. The zero-order valence-electron chi connectivity index (χ0n) is 9.55. The van der Waals surface area contributed by atoms with Gasteiger partial charge in [0, 0.05) is 23.5 Å². The lowest BCUT2D eigenvalue weighted by Crippen LogP contribution is -2.20. The normalized spacial score (nSPS) is 13.2. The first-order valence-corrected chi connectivity index (χ1v) is 5.48. The molecule has 1 aromatic heterocycles. The third kappa shape index (κ3) is 2.36. The number of carboxylic acid groups (broad SMARTS) is 1. The Bertz CT molecular complexity index is 557. The highest BCUT2D eigenvalue weighted by Crippen LogP contribution is 2.19. The van der Waals surface area contributed by atoms with Crippen LogP contribution in [0.2, 0.25) is 0 Å². The van der Waals surface area contributed by atoms with Crippen molar-refractivity contribution < 1.29 is 9.90 Å². The van der Waals surface area contributed by atoms with Gasteiger partial charge in [0.05, 0.1) is 0 Å². The van der Waals surface area contributed by atoms with Gasteiger partial charge in [-0.2, -0.15) is 0 Å². The fourth-order valence-electron chi connectivity index (χ4n) is 1.89. The van der Waals surface area contributed by atoms with Crippen molar-refractivity contribution in [3.63, 3.8) is 0 Å². The number of para-hydroxylation sites is 1. The molecule has 4 nitrogen and oxygen atoms in total. The number of fused-ring (bicyclic) bond motifs is 1. The zero-order valence-corrected chi connectivity index (χ0v) is 9.55. The van der Waals surface area contributed by atoms with Gasteiger partial charge < -0.3 is 10.1 Å². The van der Waals surface area contributed by atoms with Crippen LogP contribution in [0.3, 0.4) is 0 Å². The summed E-state index contributed by atoms with van der Waals surface area (Å²) in [5.74, 6) is -0.895. The highest BCUT2D eigenvalue weighted by atomic mass is 16.4. The van der Waals surface area contributed by atoms with Crippen LogP contribution in [-0.2, 0) is 11.2 Å². The molecule has 1 heterocycles. The molecule has 2 rings (SSSR count). The van der Waals surface area contributed by atoms with Crippen molar-refractivity contribution in [2.45, 2.75) is 19.4 Å². The fourth-order valence-corrected chi connectivity index (χ4v) is 1.89. The maximum absolute atomic E-state index is 11.0. The maximum atomic E-state index is 11.0. The Kier molecular flexibility index (Phi) is 3.23. The standard InChI is InChI=1S/C13H14N2O2/c1-2-14-12(13(16)17)7-9-8-15-11-6-4-3-5-10(9)11/h2-6,8,12,15H,7H2,1H3,(H,16,17). The average molecular weight is 230 g/mol. The van der Waals surface area contributed by atoms with Gasteiger partial charge in [-0.15, -0.1) is 0 Å². The number of nitrogens with zero attached hydrogens (tertiary/aromatic N) is 1. The number of rotatable bonds is 4. The van der Waals surface area contributed by atoms with Crippen LogP contribution >= 0.6 is 0 Å². The highest BCUT2D eigenvalue weighted by molar-refractivity contribution is 5.84. The summed E-state index contributed by atoms with van der Waals surface area (Å²) in [4.78, 5) is 18.1. The molecule has 88 valence electrons. The second kappa shape index (κ2) is 4.82. The summed E-state index contributed by atoms with van der Waals surface area (Å²) in [6.07, 6.45) is 3.79. The van der Waals surface area contributed by atoms with Crippen LogP contribution in [0.15, 0.2) is 35.5 Å². The van der Waals surface area contributed by atoms with Gasteiger partial charge in [0.2, 0.25) is 0 Å². The lowest BCUT2D eigenvalue weighted by atomic mass is 10.1.